The topological polar surface area (TPSA) is 94.3 Å². The van der Waals surface area contributed by atoms with E-state index in [1.165, 1.54) is 92.6 Å². The fourth-order valence-electron chi connectivity index (χ4n) is 10.8. The molecule has 2 heterocycles. The van der Waals surface area contributed by atoms with E-state index in [1.807, 2.05) is 59.6 Å². The summed E-state index contributed by atoms with van der Waals surface area (Å²) in [5, 5.41) is 10.2. The van der Waals surface area contributed by atoms with Crippen LogP contribution in [0.5, 0.6) is 0 Å². The summed E-state index contributed by atoms with van der Waals surface area (Å²) in [6.45, 7) is 48.9. The maximum atomic E-state index is 5.10. The van der Waals surface area contributed by atoms with E-state index in [0.29, 0.717) is 47.3 Å². The van der Waals surface area contributed by atoms with Crippen molar-refractivity contribution >= 4 is 102 Å². The minimum Gasteiger partial charge on any atom is -0.661 e. The number of unbranched alkanes of at least 4 members (excludes halogenated alkanes) is 3. The number of rotatable bonds is 19. The third-order valence-corrected chi connectivity index (χ3v) is 15.7. The van der Waals surface area contributed by atoms with Gasteiger partial charge >= 0.3 is 46.1 Å². The predicted molar refractivity (Wildman–Crippen MR) is 393 cm³/mol. The van der Waals surface area contributed by atoms with E-state index >= 15 is 0 Å². The molecule has 474 valence electrons. The van der Waals surface area contributed by atoms with Gasteiger partial charge in [-0.05, 0) is 59.5 Å². The Morgan fingerprint density at radius 1 is 0.389 bits per heavy atom. The van der Waals surface area contributed by atoms with Crippen molar-refractivity contribution < 1.29 is 20.0 Å². The quantitative estimate of drug-likeness (QED) is 0.0349. The van der Waals surface area contributed by atoms with Crippen LogP contribution in [-0.2, 0) is 14.1 Å². The minimum absolute atomic E-state index is 0. The molecule has 0 amide bonds. The van der Waals surface area contributed by atoms with Crippen LogP contribution in [-0.4, -0.2) is 66.7 Å². The van der Waals surface area contributed by atoms with Crippen molar-refractivity contribution in [3.63, 3.8) is 0 Å². The second-order valence-electron chi connectivity index (χ2n) is 26.2. The molecule has 4 N–H and O–H groups in total. The zero-order chi connectivity index (χ0) is 65.4. The number of fused-ring (bicyclic) bond motifs is 2. The molecular formula is C80H114Mg2N8+4. The van der Waals surface area contributed by atoms with Crippen LogP contribution in [0.4, 0.5) is 22.7 Å². The predicted octanol–water partition coefficient (Wildman–Crippen LogP) is 19.3. The van der Waals surface area contributed by atoms with Gasteiger partial charge in [-0.1, -0.05) is 308 Å². The number of aromatic amines is 2. The summed E-state index contributed by atoms with van der Waals surface area (Å²) in [6, 6.07) is 42.7. The molecule has 0 aliphatic rings. The van der Waals surface area contributed by atoms with E-state index in [0.717, 1.165) is 45.2 Å². The normalized spacial score (nSPS) is 12.0. The molecule has 8 aromatic rings. The number of allylic oxidation sites excluding steroid dienone is 4. The Morgan fingerprint density at radius 2 is 0.633 bits per heavy atom. The zero-order valence-electron chi connectivity index (χ0n) is 60.4. The summed E-state index contributed by atoms with van der Waals surface area (Å²) in [6.07, 6.45) is 15.8. The number of hydrogen-bond donors (Lipinski definition) is 2. The number of H-pyrrole nitrogens is 2. The molecular weight excluding hydrogens is 1120 g/mol. The van der Waals surface area contributed by atoms with Crippen molar-refractivity contribution in [2.45, 2.75) is 225 Å². The number of hydrogen-bond acceptors (Lipinski definition) is 0. The molecule has 90 heavy (non-hydrogen) atoms. The first-order valence-corrected chi connectivity index (χ1v) is 32.9. The summed E-state index contributed by atoms with van der Waals surface area (Å²) in [5.41, 5.74) is 24.4. The number of para-hydroxylation sites is 8. The van der Waals surface area contributed by atoms with Crippen molar-refractivity contribution in [2.75, 3.05) is 0 Å². The van der Waals surface area contributed by atoms with Gasteiger partial charge in [-0.15, -0.1) is 11.4 Å². The molecule has 0 radical (unpaired) electrons. The second kappa shape index (κ2) is 40.2. The van der Waals surface area contributed by atoms with E-state index in [2.05, 4.69) is 282 Å². The molecule has 0 saturated heterocycles. The van der Waals surface area contributed by atoms with Crippen LogP contribution >= 0.6 is 0 Å². The van der Waals surface area contributed by atoms with Gasteiger partial charge in [0.2, 0.25) is 24.0 Å². The van der Waals surface area contributed by atoms with Crippen molar-refractivity contribution in [2.24, 2.45) is 14.1 Å². The van der Waals surface area contributed by atoms with E-state index < -0.39 is 0 Å². The first kappa shape index (κ1) is 80.3. The van der Waals surface area contributed by atoms with Crippen LogP contribution in [0.3, 0.4) is 0 Å². The first-order valence-electron chi connectivity index (χ1n) is 32.9. The second-order valence-corrected chi connectivity index (χ2v) is 26.2. The van der Waals surface area contributed by atoms with Gasteiger partial charge < -0.3 is 29.7 Å². The van der Waals surface area contributed by atoms with Crippen molar-refractivity contribution in [3.8, 4) is 0 Å². The molecule has 0 saturated carbocycles. The van der Waals surface area contributed by atoms with Crippen LogP contribution in [0.15, 0.2) is 145 Å². The minimum atomic E-state index is 0. The van der Waals surface area contributed by atoms with E-state index in [-0.39, 0.29) is 46.1 Å². The summed E-state index contributed by atoms with van der Waals surface area (Å²) < 4.78 is 3.88. The zero-order valence-corrected chi connectivity index (χ0v) is 63.2. The van der Waals surface area contributed by atoms with Crippen molar-refractivity contribution in [3.05, 3.63) is 213 Å². The van der Waals surface area contributed by atoms with Gasteiger partial charge in [0.25, 0.3) is 0 Å². The average Bonchev–Trinajstić information content (AvgIpc) is 2.28. The SMILES string of the molecule is CC(/C=C(/C)[N-]c1c(C(C)C)cccc1C(C)C)=[NH+]c1c(C(C)C)cccc1C(C)C.CC(/C=C(/C)[N-]c1c(C(C)C)cccc1C(C)C)=[NH+]c1c(C(C)C)cccc1C(C)C.CCCCCC.Cn1[c-][nH+]c2ccccc21.Cn1[c-][nH+]c2ccccc21.[Mg+2].[Mg+2]. The van der Waals surface area contributed by atoms with E-state index in [4.69, 9.17) is 10.6 Å². The van der Waals surface area contributed by atoms with Gasteiger partial charge in [0.05, 0.1) is 14.1 Å². The molecule has 8 nitrogen and oxygen atoms in total. The van der Waals surface area contributed by atoms with Crippen molar-refractivity contribution in [1.82, 2.24) is 9.13 Å². The Labute approximate surface area is 579 Å². The molecule has 8 rings (SSSR count). The average molecular weight is 1240 g/mol. The molecule has 2 aromatic heterocycles. The van der Waals surface area contributed by atoms with Gasteiger partial charge in [0.15, 0.2) is 11.4 Å². The summed E-state index contributed by atoms with van der Waals surface area (Å²) in [4.78, 5) is 13.5. The van der Waals surface area contributed by atoms with Crippen LogP contribution in [0.1, 0.15) is 270 Å². The Hall–Kier alpha value is -5.79. The smallest absolute Gasteiger partial charge is 0.661 e. The van der Waals surface area contributed by atoms with Crippen LogP contribution in [0, 0.1) is 12.7 Å². The van der Waals surface area contributed by atoms with Gasteiger partial charge in [0, 0.05) is 58.2 Å². The monoisotopic (exact) mass is 1230 g/mol. The summed E-state index contributed by atoms with van der Waals surface area (Å²) in [7, 11) is 3.94. The largest absolute Gasteiger partial charge is 2.00 e. The third kappa shape index (κ3) is 24.4. The number of nitrogens with one attached hydrogen (secondary N) is 4. The van der Waals surface area contributed by atoms with Gasteiger partial charge in [-0.2, -0.15) is 11.4 Å². The molecule has 10 heteroatoms. The Morgan fingerprint density at radius 3 is 0.867 bits per heavy atom. The molecule has 0 spiro atoms. The molecule has 6 aromatic carbocycles. The van der Waals surface area contributed by atoms with Crippen molar-refractivity contribution in [1.29, 1.82) is 0 Å². The Bertz CT molecular complexity index is 3210. The third-order valence-electron chi connectivity index (χ3n) is 15.7. The molecule has 0 atom stereocenters. The first-order chi connectivity index (χ1) is 41.7. The number of nitrogens with zero attached hydrogens (tertiary/aromatic N) is 4. The number of aryl methyl sites for hydroxylation is 2. The summed E-state index contributed by atoms with van der Waals surface area (Å²) >= 11 is 0. The van der Waals surface area contributed by atoms with Crippen LogP contribution in [0.25, 0.3) is 32.7 Å². The number of aromatic nitrogens is 4. The maximum absolute atomic E-state index is 5.10. The maximum Gasteiger partial charge on any atom is 2.00 e. The van der Waals surface area contributed by atoms with Gasteiger partial charge in [0.1, 0.15) is 0 Å². The molecule has 0 aliphatic heterocycles. The fraction of sp³-hybridized carbons (Fsp3) is 0.450. The van der Waals surface area contributed by atoms with E-state index in [9.17, 15) is 0 Å². The molecule has 0 aliphatic carbocycles. The Balaban J connectivity index is 0.000000431. The standard InChI is InChI=1S/2C29H41N2.2C8H8N2.C6H14.2Mg/c2*1-18(2)24-13-11-14-25(19(3)4)28(24)30-22(9)17-23(10)31-29-26(20(5)6)15-12-16-27(29)21(7)8;2*1-10-6-9-7-4-2-3-5-8(7)10;1-3-5-6-4-2;;/h2*11-21H,1-10H3;2*2-5,9H,1H3;3-6H2,1-2H3;;/q2*-1;;;;2*+2/p+2/b2*22-17-,31-23?;;;;;. The fourth-order valence-corrected chi connectivity index (χ4v) is 10.8. The Kier molecular flexibility index (Phi) is 35.9. The molecule has 0 fully saturated rings. The molecule has 0 bridgehead atoms. The molecule has 0 unspecified atom stereocenters. The number of benzene rings is 6. The van der Waals surface area contributed by atoms with Gasteiger partial charge in [-0.25, -0.2) is 9.98 Å². The van der Waals surface area contributed by atoms with E-state index in [1.54, 1.807) is 0 Å². The summed E-state index contributed by atoms with van der Waals surface area (Å²) in [5.74, 6) is 3.65. The number of imidazole rings is 2. The van der Waals surface area contributed by atoms with Crippen LogP contribution in [0.2, 0.25) is 0 Å². The van der Waals surface area contributed by atoms with Gasteiger partial charge in [-0.3, -0.25) is 0 Å². The van der Waals surface area contributed by atoms with Crippen LogP contribution < -0.4 is 20.0 Å².